The van der Waals surface area contributed by atoms with Gasteiger partial charge in [-0.3, -0.25) is 0 Å². The molecule has 3 heteroatoms. The van der Waals surface area contributed by atoms with Gasteiger partial charge in [0.15, 0.2) is 0 Å². The molecule has 2 heterocycles. The summed E-state index contributed by atoms with van der Waals surface area (Å²) in [5.41, 5.74) is 4.19. The van der Waals surface area contributed by atoms with Crippen LogP contribution in [-0.4, -0.2) is 9.38 Å². The molecule has 0 unspecified atom stereocenters. The number of fused-ring (bicyclic) bond motifs is 1. The van der Waals surface area contributed by atoms with Crippen LogP contribution < -0.4 is 0 Å². The predicted molar refractivity (Wildman–Crippen MR) is 70.1 cm³/mol. The molecule has 0 aliphatic heterocycles. The summed E-state index contributed by atoms with van der Waals surface area (Å²) < 4.78 is 15.8. The van der Waals surface area contributed by atoms with Crippen LogP contribution in [0.2, 0.25) is 0 Å². The molecule has 3 aromatic rings. The van der Waals surface area contributed by atoms with E-state index in [4.69, 9.17) is 0 Å². The topological polar surface area (TPSA) is 17.3 Å². The molecule has 0 bridgehead atoms. The number of nitrogens with zero attached hydrogens (tertiary/aromatic N) is 2. The molecule has 0 spiro atoms. The van der Waals surface area contributed by atoms with Crippen LogP contribution in [0.4, 0.5) is 4.39 Å². The number of benzene rings is 1. The van der Waals surface area contributed by atoms with Gasteiger partial charge in [0.05, 0.1) is 5.69 Å². The Morgan fingerprint density at radius 3 is 2.56 bits per heavy atom. The van der Waals surface area contributed by atoms with Crippen LogP contribution in [0, 0.1) is 19.7 Å². The van der Waals surface area contributed by atoms with Gasteiger partial charge < -0.3 is 4.40 Å². The third-order valence-electron chi connectivity index (χ3n) is 3.21. The fourth-order valence-corrected chi connectivity index (χ4v) is 2.23. The first kappa shape index (κ1) is 11.0. The van der Waals surface area contributed by atoms with Gasteiger partial charge in [-0.2, -0.15) is 0 Å². The van der Waals surface area contributed by atoms with Crippen molar-refractivity contribution >= 4 is 5.65 Å². The number of rotatable bonds is 1. The van der Waals surface area contributed by atoms with Crippen LogP contribution in [0.3, 0.4) is 0 Å². The molecule has 0 fully saturated rings. The van der Waals surface area contributed by atoms with Crippen molar-refractivity contribution < 1.29 is 4.39 Å². The van der Waals surface area contributed by atoms with Gasteiger partial charge in [-0.25, -0.2) is 9.37 Å². The molecule has 3 rings (SSSR count). The van der Waals surface area contributed by atoms with E-state index in [9.17, 15) is 4.39 Å². The lowest BCUT2D eigenvalue weighted by Crippen LogP contribution is -1.89. The highest BCUT2D eigenvalue weighted by Gasteiger charge is 2.14. The molecular weight excluding hydrogens is 227 g/mol. The molecular formula is C15H13FN2. The van der Waals surface area contributed by atoms with E-state index in [0.717, 1.165) is 16.9 Å². The summed E-state index contributed by atoms with van der Waals surface area (Å²) in [7, 11) is 0. The van der Waals surface area contributed by atoms with Gasteiger partial charge in [-0.15, -0.1) is 0 Å². The maximum Gasteiger partial charge on any atom is 0.140 e. The highest BCUT2D eigenvalue weighted by molar-refractivity contribution is 5.68. The quantitative estimate of drug-likeness (QED) is 0.633. The summed E-state index contributed by atoms with van der Waals surface area (Å²) in [6.45, 7) is 3.97. The smallest absolute Gasteiger partial charge is 0.140 e. The molecule has 90 valence electrons. The Balaban J connectivity index is 2.35. The second-order valence-electron chi connectivity index (χ2n) is 4.41. The summed E-state index contributed by atoms with van der Waals surface area (Å²) in [4.78, 5) is 4.57. The van der Waals surface area contributed by atoms with E-state index >= 15 is 0 Å². The molecule has 0 N–H and O–H groups in total. The molecule has 2 aromatic heterocycles. The predicted octanol–water partition coefficient (Wildman–Crippen LogP) is 3.76. The first-order valence-electron chi connectivity index (χ1n) is 5.87. The second kappa shape index (κ2) is 3.95. The maximum absolute atomic E-state index is 13.8. The molecule has 0 amide bonds. The van der Waals surface area contributed by atoms with Gasteiger partial charge in [0.25, 0.3) is 0 Å². The summed E-state index contributed by atoms with van der Waals surface area (Å²) in [6.07, 6.45) is 1.95. The molecule has 18 heavy (non-hydrogen) atoms. The summed E-state index contributed by atoms with van der Waals surface area (Å²) in [5.74, 6) is -0.235. The first-order chi connectivity index (χ1) is 8.68. The number of hydrogen-bond acceptors (Lipinski definition) is 1. The van der Waals surface area contributed by atoms with Gasteiger partial charge in [-0.05, 0) is 37.6 Å². The number of aryl methyl sites for hydroxylation is 2. The third-order valence-corrected chi connectivity index (χ3v) is 3.21. The Hall–Kier alpha value is -2.16. The molecule has 0 aliphatic rings. The van der Waals surface area contributed by atoms with E-state index in [2.05, 4.69) is 4.98 Å². The second-order valence-corrected chi connectivity index (χ2v) is 4.41. The van der Waals surface area contributed by atoms with E-state index in [0.29, 0.717) is 11.3 Å². The van der Waals surface area contributed by atoms with Crippen molar-refractivity contribution in [2.24, 2.45) is 0 Å². The van der Waals surface area contributed by atoms with Gasteiger partial charge in [0.1, 0.15) is 11.5 Å². The molecule has 1 aromatic carbocycles. The highest BCUT2D eigenvalue weighted by atomic mass is 19.1. The molecule has 0 aliphatic carbocycles. The SMILES string of the molecule is Cc1cccn2c(C)c(-c3ccccc3F)nc12. The number of halogens is 1. The van der Waals surface area contributed by atoms with E-state index in [1.54, 1.807) is 12.1 Å². The van der Waals surface area contributed by atoms with Crippen LogP contribution in [0.5, 0.6) is 0 Å². The van der Waals surface area contributed by atoms with Crippen molar-refractivity contribution in [2.45, 2.75) is 13.8 Å². The standard InChI is InChI=1S/C15H13FN2/c1-10-6-5-9-18-11(2)14(17-15(10)18)12-7-3-4-8-13(12)16/h3-9H,1-2H3. The fraction of sp³-hybridized carbons (Fsp3) is 0.133. The van der Waals surface area contributed by atoms with E-state index in [-0.39, 0.29) is 5.82 Å². The Morgan fingerprint density at radius 2 is 1.83 bits per heavy atom. The number of hydrogen-bond donors (Lipinski definition) is 0. The lowest BCUT2D eigenvalue weighted by atomic mass is 10.1. The van der Waals surface area contributed by atoms with Crippen molar-refractivity contribution in [3.05, 3.63) is 59.7 Å². The lowest BCUT2D eigenvalue weighted by molar-refractivity contribution is 0.630. The molecule has 0 saturated carbocycles. The Labute approximate surface area is 105 Å². The summed E-state index contributed by atoms with van der Waals surface area (Å²) in [5, 5.41) is 0. The van der Waals surface area contributed by atoms with Crippen molar-refractivity contribution in [2.75, 3.05) is 0 Å². The molecule has 0 saturated heterocycles. The van der Waals surface area contributed by atoms with Crippen molar-refractivity contribution in [1.29, 1.82) is 0 Å². The minimum absolute atomic E-state index is 0.235. The number of aromatic nitrogens is 2. The average Bonchev–Trinajstić information content (AvgIpc) is 2.70. The van der Waals surface area contributed by atoms with Gasteiger partial charge in [-0.1, -0.05) is 18.2 Å². The molecule has 2 nitrogen and oxygen atoms in total. The van der Waals surface area contributed by atoms with E-state index in [1.165, 1.54) is 6.07 Å². The van der Waals surface area contributed by atoms with Gasteiger partial charge >= 0.3 is 0 Å². The molecule has 0 radical (unpaired) electrons. The van der Waals surface area contributed by atoms with Gasteiger partial charge in [0.2, 0.25) is 0 Å². The summed E-state index contributed by atoms with van der Waals surface area (Å²) in [6, 6.07) is 10.7. The third kappa shape index (κ3) is 1.51. The normalized spacial score (nSPS) is 11.1. The van der Waals surface area contributed by atoms with Crippen LogP contribution in [0.15, 0.2) is 42.6 Å². The summed E-state index contributed by atoms with van der Waals surface area (Å²) >= 11 is 0. The number of imidazole rings is 1. The minimum Gasteiger partial charge on any atom is -0.303 e. The zero-order valence-corrected chi connectivity index (χ0v) is 10.3. The largest absolute Gasteiger partial charge is 0.303 e. The Bertz CT molecular complexity index is 728. The van der Waals surface area contributed by atoms with Crippen molar-refractivity contribution in [3.63, 3.8) is 0 Å². The van der Waals surface area contributed by atoms with Gasteiger partial charge in [0, 0.05) is 17.5 Å². The van der Waals surface area contributed by atoms with Crippen molar-refractivity contribution in [3.8, 4) is 11.3 Å². The Morgan fingerprint density at radius 1 is 1.06 bits per heavy atom. The molecule has 0 atom stereocenters. The average molecular weight is 240 g/mol. The first-order valence-corrected chi connectivity index (χ1v) is 5.87. The van der Waals surface area contributed by atoms with Crippen LogP contribution in [0.1, 0.15) is 11.3 Å². The van der Waals surface area contributed by atoms with Crippen LogP contribution >= 0.6 is 0 Å². The lowest BCUT2D eigenvalue weighted by Gasteiger charge is -2.00. The van der Waals surface area contributed by atoms with Crippen LogP contribution in [0.25, 0.3) is 16.9 Å². The van der Waals surface area contributed by atoms with Crippen molar-refractivity contribution in [1.82, 2.24) is 9.38 Å². The number of pyridine rings is 1. The highest BCUT2D eigenvalue weighted by Crippen LogP contribution is 2.26. The Kier molecular flexibility index (Phi) is 2.40. The zero-order chi connectivity index (χ0) is 12.7. The zero-order valence-electron chi connectivity index (χ0n) is 10.3. The minimum atomic E-state index is -0.235. The fourth-order valence-electron chi connectivity index (χ4n) is 2.23. The van der Waals surface area contributed by atoms with E-state index < -0.39 is 0 Å². The maximum atomic E-state index is 13.8. The van der Waals surface area contributed by atoms with Crippen LogP contribution in [-0.2, 0) is 0 Å². The monoisotopic (exact) mass is 240 g/mol. The van der Waals surface area contributed by atoms with E-state index in [1.807, 2.05) is 42.6 Å².